The number of hydrogen-bond acceptors (Lipinski definition) is 8. The van der Waals surface area contributed by atoms with Gasteiger partial charge in [0.1, 0.15) is 0 Å². The van der Waals surface area contributed by atoms with E-state index in [4.69, 9.17) is 9.15 Å². The van der Waals surface area contributed by atoms with Gasteiger partial charge in [-0.3, -0.25) is 4.79 Å². The zero-order valence-electron chi connectivity index (χ0n) is 14.3. The third kappa shape index (κ3) is 4.34. The van der Waals surface area contributed by atoms with Crippen LogP contribution in [-0.4, -0.2) is 33.9 Å². The van der Waals surface area contributed by atoms with Gasteiger partial charge in [-0.05, 0) is 26.0 Å². The van der Waals surface area contributed by atoms with Crippen LogP contribution in [-0.2, 0) is 16.0 Å². The first kappa shape index (κ1) is 17.8. The summed E-state index contributed by atoms with van der Waals surface area (Å²) >= 11 is 1.28. The van der Waals surface area contributed by atoms with Crippen molar-refractivity contribution >= 4 is 28.7 Å². The normalized spacial score (nSPS) is 11.2. The summed E-state index contributed by atoms with van der Waals surface area (Å²) in [5, 5.41) is 12.1. The average molecular weight is 371 g/mol. The molecule has 8 heteroatoms. The minimum Gasteiger partial charge on any atom is -0.479 e. The van der Waals surface area contributed by atoms with E-state index in [0.717, 1.165) is 11.1 Å². The Morgan fingerprint density at radius 3 is 2.85 bits per heavy atom. The van der Waals surface area contributed by atoms with Crippen LogP contribution in [0.4, 0.5) is 5.13 Å². The Bertz CT molecular complexity index is 928. The number of nitrogens with zero attached hydrogens (tertiary/aromatic N) is 3. The summed E-state index contributed by atoms with van der Waals surface area (Å²) in [7, 11) is 0. The van der Waals surface area contributed by atoms with Crippen molar-refractivity contribution < 1.29 is 19.1 Å². The van der Waals surface area contributed by atoms with Crippen molar-refractivity contribution in [1.29, 1.82) is 0 Å². The summed E-state index contributed by atoms with van der Waals surface area (Å²) in [6, 6.07) is 7.60. The highest BCUT2D eigenvalue weighted by molar-refractivity contribution is 7.13. The summed E-state index contributed by atoms with van der Waals surface area (Å²) in [6.45, 7) is 4.08. The molecule has 0 aliphatic heterocycles. The number of carbonyl (C=O) groups excluding carboxylic acids is 1. The first-order valence-corrected chi connectivity index (χ1v) is 8.84. The Morgan fingerprint density at radius 1 is 1.35 bits per heavy atom. The smallest absolute Gasteiger partial charge is 0.312 e. The van der Waals surface area contributed by atoms with Crippen molar-refractivity contribution in [3.63, 3.8) is 0 Å². The number of rotatable bonds is 6. The number of hydrogen-bond donors (Lipinski definition) is 1. The van der Waals surface area contributed by atoms with Crippen LogP contribution in [0.5, 0.6) is 5.95 Å². The predicted octanol–water partition coefficient (Wildman–Crippen LogP) is 3.67. The van der Waals surface area contributed by atoms with Crippen molar-refractivity contribution in [3.05, 3.63) is 46.6 Å². The number of benzene rings is 1. The van der Waals surface area contributed by atoms with Crippen LogP contribution >= 0.6 is 11.3 Å². The first-order chi connectivity index (χ1) is 12.5. The summed E-state index contributed by atoms with van der Waals surface area (Å²) in [4.78, 5) is 24.1. The Morgan fingerprint density at radius 2 is 2.12 bits per heavy atom. The molecule has 0 amide bonds. The predicted molar refractivity (Wildman–Crippen MR) is 98.0 cm³/mol. The van der Waals surface area contributed by atoms with Gasteiger partial charge >= 0.3 is 11.9 Å². The molecule has 0 aliphatic rings. The fourth-order valence-electron chi connectivity index (χ4n) is 2.14. The highest BCUT2D eigenvalue weighted by Gasteiger charge is 2.13. The van der Waals surface area contributed by atoms with Gasteiger partial charge in [0, 0.05) is 10.9 Å². The minimum atomic E-state index is -0.329. The lowest BCUT2D eigenvalue weighted by Crippen LogP contribution is -2.07. The van der Waals surface area contributed by atoms with Gasteiger partial charge in [-0.15, -0.1) is 11.3 Å². The van der Waals surface area contributed by atoms with E-state index in [1.54, 1.807) is 12.3 Å². The van der Waals surface area contributed by atoms with Crippen LogP contribution in [0.3, 0.4) is 0 Å². The van der Waals surface area contributed by atoms with Gasteiger partial charge in [0.25, 0.3) is 0 Å². The molecule has 0 radical (unpaired) electrons. The Hall–Kier alpha value is -3.00. The molecule has 0 bridgehead atoms. The maximum atomic E-state index is 11.5. The van der Waals surface area contributed by atoms with Gasteiger partial charge < -0.3 is 14.3 Å². The largest absolute Gasteiger partial charge is 0.479 e. The monoisotopic (exact) mass is 371 g/mol. The molecule has 1 N–H and O–H groups in total. The third-order valence-electron chi connectivity index (χ3n) is 3.40. The molecule has 3 aromatic rings. The first-order valence-electron chi connectivity index (χ1n) is 7.96. The summed E-state index contributed by atoms with van der Waals surface area (Å²) in [5.41, 5.74) is 2.68. The Balaban J connectivity index is 1.72. The van der Waals surface area contributed by atoms with Gasteiger partial charge in [0.15, 0.2) is 5.69 Å². The maximum Gasteiger partial charge on any atom is 0.312 e. The Labute approximate surface area is 154 Å². The van der Waals surface area contributed by atoms with Gasteiger partial charge in [0.2, 0.25) is 11.0 Å². The van der Waals surface area contributed by atoms with Crippen LogP contribution in [0, 0.1) is 6.92 Å². The number of aryl methyl sites for hydroxylation is 1. The molecule has 0 aliphatic carbocycles. The molecule has 0 fully saturated rings. The lowest BCUT2D eigenvalue weighted by molar-refractivity contribution is -0.142. The molecule has 2 aromatic heterocycles. The molecule has 0 unspecified atom stereocenters. The fraction of sp³-hybridized carbons (Fsp3) is 0.222. The number of aliphatic imine (C=N–C) groups is 1. The van der Waals surface area contributed by atoms with Crippen molar-refractivity contribution in [2.75, 3.05) is 6.61 Å². The van der Waals surface area contributed by atoms with E-state index >= 15 is 0 Å². The van der Waals surface area contributed by atoms with Gasteiger partial charge in [-0.1, -0.05) is 17.7 Å². The summed E-state index contributed by atoms with van der Waals surface area (Å²) in [5.74, 6) is -0.330. The number of carbonyl (C=O) groups is 1. The fourth-order valence-corrected chi connectivity index (χ4v) is 2.80. The standard InChI is InChI=1S/C18H17N3O4S/c1-3-24-15(22)8-13-10-26-18(20-13)19-9-14-17(23)25-16(21-14)12-6-4-11(2)5-7-12/h4-7,9-10,23H,3,8H2,1-2H3/b19-9+. The van der Waals surface area contributed by atoms with Gasteiger partial charge in [0.05, 0.1) is 24.9 Å². The number of ether oxygens (including phenoxy) is 1. The topological polar surface area (TPSA) is 97.8 Å². The number of aromatic nitrogens is 2. The van der Waals surface area contributed by atoms with E-state index in [2.05, 4.69) is 15.0 Å². The molecule has 26 heavy (non-hydrogen) atoms. The molecule has 0 spiro atoms. The quantitative estimate of drug-likeness (QED) is 0.524. The van der Waals surface area contributed by atoms with Crippen LogP contribution in [0.1, 0.15) is 23.9 Å². The zero-order valence-corrected chi connectivity index (χ0v) is 15.1. The summed E-state index contributed by atoms with van der Waals surface area (Å²) in [6.07, 6.45) is 1.48. The SMILES string of the molecule is CCOC(=O)Cc1csc(/N=C/c2nc(-c3ccc(C)cc3)oc2O)n1. The van der Waals surface area contributed by atoms with E-state index in [1.165, 1.54) is 17.6 Å². The molecule has 1 aromatic carbocycles. The second kappa shape index (κ2) is 7.92. The zero-order chi connectivity index (χ0) is 18.5. The number of aromatic hydroxyl groups is 1. The molecule has 134 valence electrons. The van der Waals surface area contributed by atoms with E-state index in [9.17, 15) is 9.90 Å². The van der Waals surface area contributed by atoms with E-state index in [-0.39, 0.29) is 24.0 Å². The number of thiazole rings is 1. The second-order valence-corrected chi connectivity index (χ2v) is 6.27. The van der Waals surface area contributed by atoms with E-state index < -0.39 is 0 Å². The summed E-state index contributed by atoms with van der Waals surface area (Å²) < 4.78 is 10.2. The molecular weight excluding hydrogens is 354 g/mol. The van der Waals surface area contributed by atoms with Crippen molar-refractivity contribution in [1.82, 2.24) is 9.97 Å². The van der Waals surface area contributed by atoms with Gasteiger partial charge in [-0.2, -0.15) is 0 Å². The number of esters is 1. The molecule has 0 saturated heterocycles. The van der Waals surface area contributed by atoms with Crippen LogP contribution in [0.25, 0.3) is 11.5 Å². The highest BCUT2D eigenvalue weighted by atomic mass is 32.1. The molecule has 0 saturated carbocycles. The average Bonchev–Trinajstić information content (AvgIpc) is 3.20. The second-order valence-electron chi connectivity index (χ2n) is 5.44. The third-order valence-corrected chi connectivity index (χ3v) is 4.20. The Kier molecular flexibility index (Phi) is 5.43. The minimum absolute atomic E-state index is 0.104. The van der Waals surface area contributed by atoms with E-state index in [1.807, 2.05) is 31.2 Å². The molecular formula is C18H17N3O4S. The molecule has 2 heterocycles. The van der Waals surface area contributed by atoms with Crippen LogP contribution < -0.4 is 0 Å². The number of oxazole rings is 1. The lowest BCUT2D eigenvalue weighted by Gasteiger charge is -1.97. The maximum absolute atomic E-state index is 11.5. The van der Waals surface area contributed by atoms with Crippen LogP contribution in [0.15, 0.2) is 39.1 Å². The van der Waals surface area contributed by atoms with Crippen molar-refractivity contribution in [2.45, 2.75) is 20.3 Å². The van der Waals surface area contributed by atoms with Crippen molar-refractivity contribution in [3.8, 4) is 17.4 Å². The lowest BCUT2D eigenvalue weighted by atomic mass is 10.1. The van der Waals surface area contributed by atoms with Crippen LogP contribution in [0.2, 0.25) is 0 Å². The van der Waals surface area contributed by atoms with E-state index in [0.29, 0.717) is 23.3 Å². The highest BCUT2D eigenvalue weighted by Crippen LogP contribution is 2.26. The molecule has 0 atom stereocenters. The molecule has 7 nitrogen and oxygen atoms in total. The van der Waals surface area contributed by atoms with Gasteiger partial charge in [-0.25, -0.2) is 15.0 Å². The van der Waals surface area contributed by atoms with Crippen molar-refractivity contribution in [2.24, 2.45) is 4.99 Å². The molecule has 3 rings (SSSR count).